The van der Waals surface area contributed by atoms with Crippen LogP contribution in [0, 0.1) is 0 Å². The fourth-order valence-electron chi connectivity index (χ4n) is 4.71. The van der Waals surface area contributed by atoms with Crippen LogP contribution in [0.25, 0.3) is 0 Å². The summed E-state index contributed by atoms with van der Waals surface area (Å²) >= 11 is 0. The summed E-state index contributed by atoms with van der Waals surface area (Å²) in [5, 5.41) is 11.0. The van der Waals surface area contributed by atoms with Gasteiger partial charge in [-0.2, -0.15) is 36.5 Å². The minimum atomic E-state index is -4.94. The first kappa shape index (κ1) is 31.7. The van der Waals surface area contributed by atoms with Gasteiger partial charge in [-0.05, 0) is 36.8 Å². The zero-order valence-electron chi connectivity index (χ0n) is 24.1. The molecule has 0 radical (unpaired) electrons. The molecule has 4 heterocycles. The topological polar surface area (TPSA) is 112 Å². The Morgan fingerprint density at radius 3 is 2.40 bits per heavy atom. The van der Waals surface area contributed by atoms with Gasteiger partial charge in [-0.1, -0.05) is 12.1 Å². The van der Waals surface area contributed by atoms with E-state index in [1.807, 2.05) is 0 Å². The van der Waals surface area contributed by atoms with Crippen molar-refractivity contribution in [2.45, 2.75) is 51.6 Å². The van der Waals surface area contributed by atoms with Gasteiger partial charge in [-0.3, -0.25) is 4.79 Å². The Morgan fingerprint density at radius 2 is 1.76 bits per heavy atom. The molecule has 0 fully saturated rings. The van der Waals surface area contributed by atoms with E-state index in [9.17, 15) is 31.1 Å². The zero-order valence-corrected chi connectivity index (χ0v) is 24.1. The Kier molecular flexibility index (Phi) is 8.99. The molecule has 1 N–H and O–H groups in total. The van der Waals surface area contributed by atoms with Crippen molar-refractivity contribution < 1.29 is 35.8 Å². The van der Waals surface area contributed by atoms with Crippen molar-refractivity contribution in [3.8, 4) is 5.75 Å². The molecule has 3 aromatic heterocycles. The van der Waals surface area contributed by atoms with Crippen LogP contribution in [0.5, 0.6) is 5.75 Å². The van der Waals surface area contributed by atoms with Crippen molar-refractivity contribution in [2.75, 3.05) is 30.5 Å². The monoisotopic (exact) mass is 638 g/mol. The Labute approximate surface area is 252 Å². The Morgan fingerprint density at radius 1 is 1.00 bits per heavy atom. The number of hydrogen-bond acceptors (Lipinski definition) is 9. The van der Waals surface area contributed by atoms with Gasteiger partial charge in [0.25, 0.3) is 5.56 Å². The van der Waals surface area contributed by atoms with Crippen LogP contribution in [0.2, 0.25) is 0 Å². The van der Waals surface area contributed by atoms with Gasteiger partial charge < -0.3 is 19.7 Å². The summed E-state index contributed by atoms with van der Waals surface area (Å²) in [5.74, 6) is 1.83. The maximum Gasteiger partial charge on any atom is 0.423 e. The third-order valence-electron chi connectivity index (χ3n) is 6.93. The average molecular weight is 639 g/mol. The average Bonchev–Trinajstić information content (AvgIpc) is 3.40. The number of pyridine rings is 1. The number of halogens is 6. The highest BCUT2D eigenvalue weighted by Gasteiger charge is 2.38. The van der Waals surface area contributed by atoms with Crippen molar-refractivity contribution in [1.82, 2.24) is 29.5 Å². The second-order valence-corrected chi connectivity index (χ2v) is 10.3. The normalized spacial score (nSPS) is 14.3. The number of alkyl halides is 6. The lowest BCUT2D eigenvalue weighted by molar-refractivity contribution is -0.139. The first-order valence-electron chi connectivity index (χ1n) is 13.7. The minimum Gasteiger partial charge on any atom is -0.497 e. The second-order valence-electron chi connectivity index (χ2n) is 10.3. The van der Waals surface area contributed by atoms with Crippen LogP contribution in [-0.2, 0) is 43.3 Å². The highest BCUT2D eigenvalue weighted by molar-refractivity contribution is 5.50. The van der Waals surface area contributed by atoms with Crippen LogP contribution < -0.4 is 20.5 Å². The van der Waals surface area contributed by atoms with Crippen LogP contribution in [0.4, 0.5) is 37.8 Å². The van der Waals surface area contributed by atoms with Crippen molar-refractivity contribution in [3.63, 3.8) is 0 Å². The first-order valence-corrected chi connectivity index (χ1v) is 13.7. The molecule has 240 valence electrons. The molecule has 0 amide bonds. The maximum atomic E-state index is 14.0. The third-order valence-corrected chi connectivity index (χ3v) is 6.93. The highest BCUT2D eigenvalue weighted by atomic mass is 19.4. The summed E-state index contributed by atoms with van der Waals surface area (Å²) < 4.78 is 93.5. The van der Waals surface area contributed by atoms with E-state index in [1.54, 1.807) is 40.8 Å². The molecular weight excluding hydrogens is 610 g/mol. The van der Waals surface area contributed by atoms with Crippen LogP contribution in [0.15, 0.2) is 53.6 Å². The number of methoxy groups -OCH3 is 1. The van der Waals surface area contributed by atoms with E-state index in [0.717, 1.165) is 23.1 Å². The fraction of sp³-hybridized carbons (Fsp3) is 0.393. The maximum absolute atomic E-state index is 14.0. The van der Waals surface area contributed by atoms with Crippen LogP contribution in [-0.4, -0.2) is 55.8 Å². The molecule has 0 saturated carbocycles. The lowest BCUT2D eigenvalue weighted by Crippen LogP contribution is -2.34. The number of fused-ring (bicyclic) bond motifs is 1. The van der Waals surface area contributed by atoms with Crippen LogP contribution in [0.1, 0.15) is 35.3 Å². The van der Waals surface area contributed by atoms with Gasteiger partial charge in [0, 0.05) is 18.8 Å². The van der Waals surface area contributed by atoms with E-state index >= 15 is 0 Å². The molecule has 45 heavy (non-hydrogen) atoms. The number of aromatic nitrogens is 6. The predicted octanol–water partition coefficient (Wildman–Crippen LogP) is 4.36. The van der Waals surface area contributed by atoms with E-state index in [0.29, 0.717) is 41.9 Å². The number of nitrogens with zero attached hydrogens (tertiary/aromatic N) is 7. The number of anilines is 2. The zero-order chi connectivity index (χ0) is 32.4. The molecule has 11 nitrogen and oxygen atoms in total. The highest BCUT2D eigenvalue weighted by Crippen LogP contribution is 2.32. The predicted molar refractivity (Wildman–Crippen MR) is 149 cm³/mol. The first-order chi connectivity index (χ1) is 21.3. The molecule has 1 aromatic carbocycles. The number of nitrogens with one attached hydrogen (secondary N) is 1. The molecule has 4 aromatic rings. The summed E-state index contributed by atoms with van der Waals surface area (Å²) in [6, 6.07) is 8.14. The third kappa shape index (κ3) is 7.53. The Bertz CT molecular complexity index is 1670. The Balaban J connectivity index is 1.18. The van der Waals surface area contributed by atoms with Gasteiger partial charge in [0.15, 0.2) is 5.82 Å². The van der Waals surface area contributed by atoms with Gasteiger partial charge >= 0.3 is 12.4 Å². The summed E-state index contributed by atoms with van der Waals surface area (Å²) in [4.78, 5) is 22.9. The van der Waals surface area contributed by atoms with Crippen LogP contribution >= 0.6 is 0 Å². The summed E-state index contributed by atoms with van der Waals surface area (Å²) in [6.45, 7) is 2.47. The molecule has 0 spiro atoms. The standard InChI is InChI=1S/C28H28F6N8O3/c1-17(37-21-12-36-42(26(43)25(21)28(32,33)34)13-18-3-6-20(44-2)7-4-18)15-45-16-22-38-24-14-40(9-10-41(24)39-22)23-8-5-19(11-35-23)27(29,30)31/h3-8,11-12,17,37H,9-10,13-16H2,1-2H3/t17-/m0/s1. The molecule has 1 aliphatic heterocycles. The van der Waals surface area contributed by atoms with Crippen molar-refractivity contribution in [1.29, 1.82) is 0 Å². The van der Waals surface area contributed by atoms with Crippen molar-refractivity contribution >= 4 is 11.5 Å². The smallest absolute Gasteiger partial charge is 0.423 e. The largest absolute Gasteiger partial charge is 0.497 e. The number of rotatable bonds is 10. The molecular formula is C28H28F6N8O3. The van der Waals surface area contributed by atoms with E-state index < -0.39 is 40.8 Å². The van der Waals surface area contributed by atoms with Crippen molar-refractivity contribution in [2.24, 2.45) is 0 Å². The fourth-order valence-corrected chi connectivity index (χ4v) is 4.71. The van der Waals surface area contributed by atoms with Gasteiger partial charge in [0.1, 0.15) is 29.6 Å². The number of hydrogen-bond donors (Lipinski definition) is 1. The van der Waals surface area contributed by atoms with Crippen molar-refractivity contribution in [3.05, 3.63) is 87.5 Å². The van der Waals surface area contributed by atoms with Gasteiger partial charge in [-0.15, -0.1) is 0 Å². The summed E-state index contributed by atoms with van der Waals surface area (Å²) in [5.41, 5.74) is -3.39. The van der Waals surface area contributed by atoms with E-state index in [4.69, 9.17) is 9.47 Å². The molecule has 0 unspecified atom stereocenters. The Hall–Kier alpha value is -4.67. The SMILES string of the molecule is COc1ccc(Cn2ncc(N[C@@H](C)COCc3nc4n(n3)CCN(c3ccc(C(F)(F)F)cn3)C4)c(C(F)(F)F)c2=O)cc1. The van der Waals surface area contributed by atoms with Crippen LogP contribution in [0.3, 0.4) is 0 Å². The van der Waals surface area contributed by atoms with E-state index in [2.05, 4.69) is 25.5 Å². The second kappa shape index (κ2) is 12.7. The molecule has 0 bridgehead atoms. The molecule has 5 rings (SSSR count). The lowest BCUT2D eigenvalue weighted by Gasteiger charge is -2.27. The molecule has 0 aliphatic carbocycles. The number of ether oxygens (including phenoxy) is 2. The lowest BCUT2D eigenvalue weighted by atomic mass is 10.2. The minimum absolute atomic E-state index is 0.0433. The van der Waals surface area contributed by atoms with Gasteiger partial charge in [0.2, 0.25) is 0 Å². The summed E-state index contributed by atoms with van der Waals surface area (Å²) in [7, 11) is 1.48. The van der Waals surface area contributed by atoms with E-state index in [1.165, 1.54) is 13.2 Å². The molecule has 1 atom stereocenters. The quantitative estimate of drug-likeness (QED) is 0.253. The molecule has 17 heteroatoms. The summed E-state index contributed by atoms with van der Waals surface area (Å²) in [6.07, 6.45) is -7.67. The molecule has 1 aliphatic rings. The van der Waals surface area contributed by atoms with E-state index in [-0.39, 0.29) is 26.3 Å². The van der Waals surface area contributed by atoms with Gasteiger partial charge in [0.05, 0.1) is 50.8 Å². The number of benzene rings is 1. The van der Waals surface area contributed by atoms with Gasteiger partial charge in [-0.25, -0.2) is 19.3 Å². The molecule has 0 saturated heterocycles.